The van der Waals surface area contributed by atoms with E-state index in [4.69, 9.17) is 5.26 Å². The Morgan fingerprint density at radius 1 is 1.28 bits per heavy atom. The number of rotatable bonds is 2. The highest BCUT2D eigenvalue weighted by atomic mass is 79.9. The van der Waals surface area contributed by atoms with Crippen LogP contribution in [0.3, 0.4) is 0 Å². The van der Waals surface area contributed by atoms with Crippen molar-refractivity contribution in [1.82, 2.24) is 0 Å². The van der Waals surface area contributed by atoms with Crippen molar-refractivity contribution >= 4 is 31.5 Å². The van der Waals surface area contributed by atoms with Gasteiger partial charge >= 0.3 is 0 Å². The molecule has 1 heterocycles. The number of benzene rings is 1. The third-order valence-electron chi connectivity index (χ3n) is 2.95. The molecule has 0 aliphatic carbocycles. The first-order valence-corrected chi connectivity index (χ1v) is 8.27. The van der Waals surface area contributed by atoms with Crippen LogP contribution in [0.1, 0.15) is 18.4 Å². The first-order chi connectivity index (χ1) is 8.48. The second-order valence-corrected chi connectivity index (χ2v) is 7.63. The van der Waals surface area contributed by atoms with Crippen LogP contribution in [-0.2, 0) is 9.84 Å². The van der Waals surface area contributed by atoms with E-state index in [1.54, 1.807) is 12.1 Å². The zero-order valence-corrected chi connectivity index (χ0v) is 12.1. The van der Waals surface area contributed by atoms with Gasteiger partial charge in [0.2, 0.25) is 0 Å². The van der Waals surface area contributed by atoms with Gasteiger partial charge in [-0.05, 0) is 31.0 Å². The highest BCUT2D eigenvalue weighted by molar-refractivity contribution is 9.10. The van der Waals surface area contributed by atoms with Gasteiger partial charge in [0, 0.05) is 16.2 Å². The number of hydrogen-bond acceptors (Lipinski definition) is 4. The summed E-state index contributed by atoms with van der Waals surface area (Å²) in [5.74, 6) is 0.480. The summed E-state index contributed by atoms with van der Waals surface area (Å²) in [5.41, 5.74) is 1.43. The maximum Gasteiger partial charge on any atom is 0.150 e. The number of nitrogens with zero attached hydrogens (tertiary/aromatic N) is 1. The van der Waals surface area contributed by atoms with Gasteiger partial charge in [0.05, 0.1) is 23.1 Å². The number of nitriles is 1. The van der Waals surface area contributed by atoms with E-state index in [0.29, 0.717) is 18.4 Å². The average Bonchev–Trinajstić information content (AvgIpc) is 2.31. The SMILES string of the molecule is N#Cc1cc(Br)cc(NC2CCS(=O)(=O)CC2)c1. The molecule has 4 nitrogen and oxygen atoms in total. The molecule has 0 unspecified atom stereocenters. The summed E-state index contributed by atoms with van der Waals surface area (Å²) >= 11 is 3.35. The van der Waals surface area contributed by atoms with E-state index >= 15 is 0 Å². The Labute approximate surface area is 115 Å². The van der Waals surface area contributed by atoms with Crippen molar-refractivity contribution in [3.05, 3.63) is 28.2 Å². The molecular weight excluding hydrogens is 316 g/mol. The average molecular weight is 329 g/mol. The zero-order chi connectivity index (χ0) is 13.2. The van der Waals surface area contributed by atoms with Crippen LogP contribution in [0, 0.1) is 11.3 Å². The van der Waals surface area contributed by atoms with Gasteiger partial charge in [-0.3, -0.25) is 0 Å². The quantitative estimate of drug-likeness (QED) is 0.904. The van der Waals surface area contributed by atoms with Gasteiger partial charge in [-0.15, -0.1) is 0 Å². The van der Waals surface area contributed by atoms with Crippen molar-refractivity contribution in [2.45, 2.75) is 18.9 Å². The van der Waals surface area contributed by atoms with E-state index < -0.39 is 9.84 Å². The number of halogens is 1. The molecule has 1 aliphatic rings. The minimum atomic E-state index is -2.83. The summed E-state index contributed by atoms with van der Waals surface area (Å²) in [5, 5.41) is 12.2. The van der Waals surface area contributed by atoms with Crippen LogP contribution in [0.5, 0.6) is 0 Å². The number of anilines is 1. The van der Waals surface area contributed by atoms with Crippen LogP contribution in [0.2, 0.25) is 0 Å². The van der Waals surface area contributed by atoms with Gasteiger partial charge in [-0.2, -0.15) is 5.26 Å². The molecule has 0 saturated carbocycles. The number of sulfone groups is 1. The Bertz CT molecular complexity index is 579. The van der Waals surface area contributed by atoms with Crippen LogP contribution in [0.4, 0.5) is 5.69 Å². The van der Waals surface area contributed by atoms with Crippen molar-refractivity contribution in [3.8, 4) is 6.07 Å². The van der Waals surface area contributed by atoms with Crippen molar-refractivity contribution in [2.75, 3.05) is 16.8 Å². The van der Waals surface area contributed by atoms with Gasteiger partial charge in [0.15, 0.2) is 0 Å². The monoisotopic (exact) mass is 328 g/mol. The molecule has 1 aromatic rings. The van der Waals surface area contributed by atoms with Crippen LogP contribution in [-0.4, -0.2) is 26.0 Å². The maximum atomic E-state index is 11.3. The molecule has 1 aromatic carbocycles. The largest absolute Gasteiger partial charge is 0.382 e. The predicted molar refractivity (Wildman–Crippen MR) is 74.2 cm³/mol. The highest BCUT2D eigenvalue weighted by Crippen LogP contribution is 2.22. The molecule has 2 rings (SSSR count). The minimum Gasteiger partial charge on any atom is -0.382 e. The Hall–Kier alpha value is -1.06. The molecule has 18 heavy (non-hydrogen) atoms. The van der Waals surface area contributed by atoms with Gasteiger partial charge in [0.25, 0.3) is 0 Å². The zero-order valence-electron chi connectivity index (χ0n) is 9.69. The Kier molecular flexibility index (Phi) is 3.93. The summed E-state index contributed by atoms with van der Waals surface area (Å²) in [6, 6.07) is 7.67. The predicted octanol–water partition coefficient (Wildman–Crippen LogP) is 2.31. The molecule has 1 aliphatic heterocycles. The molecule has 1 fully saturated rings. The van der Waals surface area contributed by atoms with E-state index in [9.17, 15) is 8.42 Å². The molecule has 96 valence electrons. The van der Waals surface area contributed by atoms with E-state index in [2.05, 4.69) is 27.3 Å². The van der Waals surface area contributed by atoms with E-state index in [0.717, 1.165) is 10.2 Å². The molecule has 1 saturated heterocycles. The van der Waals surface area contributed by atoms with Crippen LogP contribution in [0.15, 0.2) is 22.7 Å². The topological polar surface area (TPSA) is 70.0 Å². The van der Waals surface area contributed by atoms with Crippen LogP contribution >= 0.6 is 15.9 Å². The molecule has 0 aromatic heterocycles. The summed E-state index contributed by atoms with van der Waals surface area (Å²) in [6.45, 7) is 0. The van der Waals surface area contributed by atoms with Crippen molar-refractivity contribution in [1.29, 1.82) is 5.26 Å². The summed E-state index contributed by atoms with van der Waals surface area (Å²) in [6.07, 6.45) is 1.24. The summed E-state index contributed by atoms with van der Waals surface area (Å²) in [7, 11) is -2.83. The standard InChI is InChI=1S/C12H13BrN2O2S/c13-10-5-9(8-14)6-12(7-10)15-11-1-3-18(16,17)4-2-11/h5-7,11,15H,1-4H2. The van der Waals surface area contributed by atoms with Crippen LogP contribution in [0.25, 0.3) is 0 Å². The third-order valence-corrected chi connectivity index (χ3v) is 5.13. The Morgan fingerprint density at radius 3 is 2.56 bits per heavy atom. The lowest BCUT2D eigenvalue weighted by molar-refractivity contribution is 0.559. The third kappa shape index (κ3) is 3.47. The van der Waals surface area contributed by atoms with Gasteiger partial charge < -0.3 is 5.32 Å². The lowest BCUT2D eigenvalue weighted by Crippen LogP contribution is -2.32. The van der Waals surface area contributed by atoms with Crippen molar-refractivity contribution < 1.29 is 8.42 Å². The second kappa shape index (κ2) is 5.29. The summed E-state index contributed by atoms with van der Waals surface area (Å²) < 4.78 is 23.5. The first-order valence-electron chi connectivity index (χ1n) is 5.66. The molecular formula is C12H13BrN2O2S. The highest BCUT2D eigenvalue weighted by Gasteiger charge is 2.23. The lowest BCUT2D eigenvalue weighted by atomic mass is 10.1. The van der Waals surface area contributed by atoms with Gasteiger partial charge in [-0.25, -0.2) is 8.42 Å². The fourth-order valence-corrected chi connectivity index (χ4v) is 3.99. The number of hydrogen-bond donors (Lipinski definition) is 1. The van der Waals surface area contributed by atoms with Crippen LogP contribution < -0.4 is 5.32 Å². The Morgan fingerprint density at radius 2 is 1.94 bits per heavy atom. The summed E-state index contributed by atoms with van der Waals surface area (Å²) in [4.78, 5) is 0. The van der Waals surface area contributed by atoms with E-state index in [-0.39, 0.29) is 17.5 Å². The first kappa shape index (κ1) is 13.4. The van der Waals surface area contributed by atoms with Gasteiger partial charge in [-0.1, -0.05) is 15.9 Å². The number of nitrogens with one attached hydrogen (secondary N) is 1. The Balaban J connectivity index is 2.07. The molecule has 0 atom stereocenters. The minimum absolute atomic E-state index is 0.161. The smallest absolute Gasteiger partial charge is 0.150 e. The van der Waals surface area contributed by atoms with Crippen molar-refractivity contribution in [3.63, 3.8) is 0 Å². The molecule has 6 heteroatoms. The molecule has 1 N–H and O–H groups in total. The van der Waals surface area contributed by atoms with E-state index in [1.807, 2.05) is 6.07 Å². The fraction of sp³-hybridized carbons (Fsp3) is 0.417. The second-order valence-electron chi connectivity index (χ2n) is 4.41. The van der Waals surface area contributed by atoms with Gasteiger partial charge in [0.1, 0.15) is 9.84 Å². The molecule has 0 spiro atoms. The lowest BCUT2D eigenvalue weighted by Gasteiger charge is -2.24. The molecule has 0 radical (unpaired) electrons. The molecule has 0 amide bonds. The van der Waals surface area contributed by atoms with E-state index in [1.165, 1.54) is 0 Å². The fourth-order valence-electron chi connectivity index (χ4n) is 2.01. The molecule has 0 bridgehead atoms. The normalized spacial score (nSPS) is 19.1. The maximum absolute atomic E-state index is 11.3. The van der Waals surface area contributed by atoms with Crippen molar-refractivity contribution in [2.24, 2.45) is 0 Å².